The third-order valence-electron chi connectivity index (χ3n) is 6.61. The molecule has 0 amide bonds. The van der Waals surface area contributed by atoms with Crippen LogP contribution >= 0.6 is 0 Å². The van der Waals surface area contributed by atoms with E-state index >= 15 is 0 Å². The topological polar surface area (TPSA) is 0 Å². The van der Waals surface area contributed by atoms with Gasteiger partial charge in [0, 0.05) is 0 Å². The fourth-order valence-electron chi connectivity index (χ4n) is 4.74. The molecule has 1 radical (unpaired) electrons. The largest absolute Gasteiger partial charge is 4.00 e. The third kappa shape index (κ3) is 6.78. The van der Waals surface area contributed by atoms with Crippen LogP contribution in [0.15, 0.2) is 121 Å². The first-order valence-electron chi connectivity index (χ1n) is 12.2. The van der Waals surface area contributed by atoms with E-state index in [1.807, 2.05) is 0 Å². The molecule has 185 valence electrons. The summed E-state index contributed by atoms with van der Waals surface area (Å²) in [5.74, 6) is 0. The van der Waals surface area contributed by atoms with Gasteiger partial charge < -0.3 is 24.8 Å². The molecule has 0 saturated heterocycles. The van der Waals surface area contributed by atoms with E-state index in [0.29, 0.717) is 0 Å². The number of halogens is 2. The maximum absolute atomic E-state index is 2.32. The van der Waals surface area contributed by atoms with Gasteiger partial charge in [-0.2, -0.15) is 12.1 Å². The molecule has 0 aliphatic rings. The molecule has 0 spiro atoms. The molecule has 3 heteroatoms. The van der Waals surface area contributed by atoms with Gasteiger partial charge in [0.1, 0.15) is 0 Å². The zero-order valence-corrected chi connectivity index (χ0v) is 24.1. The van der Waals surface area contributed by atoms with Crippen LogP contribution in [-0.4, -0.2) is 0 Å². The summed E-state index contributed by atoms with van der Waals surface area (Å²) in [7, 11) is 0. The quantitative estimate of drug-likeness (QED) is 0.290. The Morgan fingerprint density at radius 1 is 0.486 bits per heavy atom. The first-order valence-corrected chi connectivity index (χ1v) is 12.2. The Bertz CT molecular complexity index is 1390. The second-order valence-electron chi connectivity index (χ2n) is 8.78. The smallest absolute Gasteiger partial charge is 1.00 e. The molecule has 6 aromatic rings. The first kappa shape index (κ1) is 30.5. The van der Waals surface area contributed by atoms with Gasteiger partial charge in [-0.15, -0.1) is 69.1 Å². The van der Waals surface area contributed by atoms with Crippen molar-refractivity contribution >= 4 is 21.5 Å². The average molecular weight is 560 g/mol. The molecule has 0 aromatic heterocycles. The second-order valence-corrected chi connectivity index (χ2v) is 8.78. The number of hydrogen-bond acceptors (Lipinski definition) is 0. The van der Waals surface area contributed by atoms with Crippen molar-refractivity contribution in [2.45, 2.75) is 26.7 Å². The van der Waals surface area contributed by atoms with E-state index in [1.54, 1.807) is 0 Å². The van der Waals surface area contributed by atoms with Crippen LogP contribution in [0.2, 0.25) is 0 Å². The first-order chi connectivity index (χ1) is 16.8. The van der Waals surface area contributed by atoms with Gasteiger partial charge in [0.25, 0.3) is 0 Å². The van der Waals surface area contributed by atoms with Gasteiger partial charge in [0.15, 0.2) is 0 Å². The van der Waals surface area contributed by atoms with Crippen molar-refractivity contribution in [1.29, 1.82) is 0 Å². The maximum Gasteiger partial charge on any atom is 4.00 e. The predicted molar refractivity (Wildman–Crippen MR) is 149 cm³/mol. The van der Waals surface area contributed by atoms with Gasteiger partial charge in [-0.05, 0) is 24.0 Å². The van der Waals surface area contributed by atoms with Crippen molar-refractivity contribution in [2.75, 3.05) is 0 Å². The SMILES string of the molecule is CCc1cc2c(-c3ccccc3)cccc2[cH-]1.CCc1cc2c(-c3ccccc3)cccc2[cH-]1.[Cl-].[Cl-].[V+4]. The average Bonchev–Trinajstić information content (AvgIpc) is 3.53. The Balaban J connectivity index is 0.000000241. The van der Waals surface area contributed by atoms with E-state index in [2.05, 4.69) is 135 Å². The summed E-state index contributed by atoms with van der Waals surface area (Å²) in [4.78, 5) is 0. The van der Waals surface area contributed by atoms with E-state index in [-0.39, 0.29) is 43.4 Å². The number of benzene rings is 4. The van der Waals surface area contributed by atoms with Crippen molar-refractivity contribution in [3.8, 4) is 22.3 Å². The summed E-state index contributed by atoms with van der Waals surface area (Å²) in [6.07, 6.45) is 2.20. The Labute approximate surface area is 245 Å². The molecular formula is C34H30Cl2V. The number of fused-ring (bicyclic) bond motifs is 2. The molecule has 0 saturated carbocycles. The van der Waals surface area contributed by atoms with Crippen molar-refractivity contribution in [3.63, 3.8) is 0 Å². The molecule has 0 heterocycles. The minimum atomic E-state index is 0. The zero-order valence-electron chi connectivity index (χ0n) is 21.2. The predicted octanol–water partition coefficient (Wildman–Crippen LogP) is 3.58. The Kier molecular flexibility index (Phi) is 11.8. The van der Waals surface area contributed by atoms with Crippen LogP contribution in [0.25, 0.3) is 43.8 Å². The fraction of sp³-hybridized carbons (Fsp3) is 0.118. The van der Waals surface area contributed by atoms with Crippen LogP contribution < -0.4 is 24.8 Å². The molecule has 0 bridgehead atoms. The second kappa shape index (κ2) is 14.3. The van der Waals surface area contributed by atoms with Crippen LogP contribution in [0.5, 0.6) is 0 Å². The Morgan fingerprint density at radius 3 is 1.22 bits per heavy atom. The molecule has 0 aliphatic carbocycles. The summed E-state index contributed by atoms with van der Waals surface area (Å²) in [5.41, 5.74) is 8.11. The number of aryl methyl sites for hydroxylation is 2. The van der Waals surface area contributed by atoms with Crippen molar-refractivity contribution in [3.05, 3.63) is 132 Å². The van der Waals surface area contributed by atoms with E-state index in [9.17, 15) is 0 Å². The van der Waals surface area contributed by atoms with Gasteiger partial charge >= 0.3 is 18.6 Å². The van der Waals surface area contributed by atoms with Gasteiger partial charge in [-0.3, -0.25) is 0 Å². The minimum absolute atomic E-state index is 0. The van der Waals surface area contributed by atoms with Crippen LogP contribution in [0.1, 0.15) is 25.0 Å². The molecule has 0 unspecified atom stereocenters. The van der Waals surface area contributed by atoms with Crippen molar-refractivity contribution in [2.24, 2.45) is 0 Å². The Morgan fingerprint density at radius 2 is 0.865 bits per heavy atom. The van der Waals surface area contributed by atoms with Crippen LogP contribution in [0.3, 0.4) is 0 Å². The molecule has 0 fully saturated rings. The normalized spacial score (nSPS) is 10.0. The summed E-state index contributed by atoms with van der Waals surface area (Å²) in [5, 5.41) is 5.44. The van der Waals surface area contributed by atoms with Gasteiger partial charge in [0.2, 0.25) is 0 Å². The van der Waals surface area contributed by atoms with E-state index in [0.717, 1.165) is 12.8 Å². The molecule has 6 aromatic carbocycles. The van der Waals surface area contributed by atoms with E-state index < -0.39 is 0 Å². The molecule has 0 N–H and O–H groups in total. The van der Waals surface area contributed by atoms with Crippen molar-refractivity contribution < 1.29 is 43.4 Å². The maximum atomic E-state index is 2.32. The zero-order chi connectivity index (χ0) is 23.3. The standard InChI is InChI=1S/2C17H15.2ClH.V/c2*1-2-13-11-15-9-6-10-16(17(15)12-13)14-7-4-3-5-8-14;;;/h2*3-12H,2H2,1H3;2*1H;/q2*-1;;;+4/p-2. The molecule has 0 nitrogen and oxygen atoms in total. The van der Waals surface area contributed by atoms with Crippen LogP contribution in [0, 0.1) is 0 Å². The molecular weight excluding hydrogens is 530 g/mol. The summed E-state index contributed by atoms with van der Waals surface area (Å²) >= 11 is 0. The van der Waals surface area contributed by atoms with Gasteiger partial charge in [-0.1, -0.05) is 97.8 Å². The number of hydrogen-bond donors (Lipinski definition) is 0. The number of rotatable bonds is 4. The molecule has 0 aliphatic heterocycles. The molecule has 6 rings (SSSR count). The van der Waals surface area contributed by atoms with Gasteiger partial charge in [0.05, 0.1) is 0 Å². The van der Waals surface area contributed by atoms with Crippen LogP contribution in [0.4, 0.5) is 0 Å². The van der Waals surface area contributed by atoms with Crippen molar-refractivity contribution in [1.82, 2.24) is 0 Å². The van der Waals surface area contributed by atoms with Gasteiger partial charge in [-0.25, -0.2) is 0 Å². The van der Waals surface area contributed by atoms with E-state index in [4.69, 9.17) is 0 Å². The monoisotopic (exact) mass is 559 g/mol. The summed E-state index contributed by atoms with van der Waals surface area (Å²) in [6, 6.07) is 43.5. The molecule has 0 atom stereocenters. The summed E-state index contributed by atoms with van der Waals surface area (Å²) < 4.78 is 0. The summed E-state index contributed by atoms with van der Waals surface area (Å²) in [6.45, 7) is 4.41. The third-order valence-corrected chi connectivity index (χ3v) is 6.61. The van der Waals surface area contributed by atoms with Crippen LogP contribution in [-0.2, 0) is 31.4 Å². The fourth-order valence-corrected chi connectivity index (χ4v) is 4.74. The van der Waals surface area contributed by atoms with E-state index in [1.165, 1.54) is 54.9 Å². The molecule has 37 heavy (non-hydrogen) atoms. The minimum Gasteiger partial charge on any atom is -1.00 e. The Hall–Kier alpha value is -2.74.